The van der Waals surface area contributed by atoms with Gasteiger partial charge in [0.05, 0.1) is 12.7 Å². The fourth-order valence-electron chi connectivity index (χ4n) is 3.01. The van der Waals surface area contributed by atoms with Crippen molar-refractivity contribution >= 4 is 17.5 Å². The Morgan fingerprint density at radius 3 is 2.58 bits per heavy atom. The van der Waals surface area contributed by atoms with Crippen molar-refractivity contribution in [2.24, 2.45) is 0 Å². The van der Waals surface area contributed by atoms with E-state index < -0.39 is 0 Å². The number of carbonyl (C=O) groups excluding carboxylic acids is 1. The predicted octanol–water partition coefficient (Wildman–Crippen LogP) is 3.15. The van der Waals surface area contributed by atoms with Crippen LogP contribution in [-0.4, -0.2) is 54.1 Å². The lowest BCUT2D eigenvalue weighted by Gasteiger charge is -2.35. The van der Waals surface area contributed by atoms with E-state index in [-0.39, 0.29) is 23.0 Å². The number of nitrogens with zero attached hydrogens (tertiary/aromatic N) is 2. The molecule has 26 heavy (non-hydrogen) atoms. The van der Waals surface area contributed by atoms with E-state index in [0.29, 0.717) is 49.1 Å². The van der Waals surface area contributed by atoms with E-state index in [1.807, 2.05) is 0 Å². The minimum absolute atomic E-state index is 0.102. The molecule has 0 spiro atoms. The van der Waals surface area contributed by atoms with E-state index >= 15 is 0 Å². The topological polar surface area (TPSA) is 53.0 Å². The molecule has 1 aliphatic heterocycles. The molecular weight excluding hydrogens is 359 g/mol. The Hall–Kier alpha value is -2.31. The molecule has 1 amide bonds. The highest BCUT2D eigenvalue weighted by molar-refractivity contribution is 6.31. The van der Waals surface area contributed by atoms with Crippen LogP contribution in [0.4, 0.5) is 4.39 Å². The van der Waals surface area contributed by atoms with Crippen LogP contribution in [0, 0.1) is 5.82 Å². The number of ether oxygens (including phenoxy) is 1. The summed E-state index contributed by atoms with van der Waals surface area (Å²) in [4.78, 5) is 16.4. The molecule has 138 valence electrons. The number of hydrogen-bond donors (Lipinski definition) is 1. The smallest absolute Gasteiger partial charge is 0.257 e. The molecule has 7 heteroatoms. The lowest BCUT2D eigenvalue weighted by Crippen LogP contribution is -2.48. The summed E-state index contributed by atoms with van der Waals surface area (Å²) in [6.07, 6.45) is 0. The molecule has 0 saturated carbocycles. The lowest BCUT2D eigenvalue weighted by molar-refractivity contribution is 0.0624. The zero-order valence-electron chi connectivity index (χ0n) is 14.4. The molecule has 1 N–H and O–H groups in total. The van der Waals surface area contributed by atoms with Crippen LogP contribution in [0.3, 0.4) is 0 Å². The third-order valence-electron chi connectivity index (χ3n) is 4.54. The van der Waals surface area contributed by atoms with Crippen molar-refractivity contribution in [2.75, 3.05) is 33.3 Å². The van der Waals surface area contributed by atoms with Crippen molar-refractivity contribution in [1.29, 1.82) is 0 Å². The van der Waals surface area contributed by atoms with E-state index in [2.05, 4.69) is 4.90 Å². The summed E-state index contributed by atoms with van der Waals surface area (Å²) in [6.45, 7) is 2.61. The molecule has 5 nitrogen and oxygen atoms in total. The van der Waals surface area contributed by atoms with Crippen molar-refractivity contribution in [3.05, 3.63) is 58.4 Å². The van der Waals surface area contributed by atoms with Crippen molar-refractivity contribution in [2.45, 2.75) is 6.54 Å². The van der Waals surface area contributed by atoms with Crippen LogP contribution >= 0.6 is 11.6 Å². The Morgan fingerprint density at radius 1 is 1.23 bits per heavy atom. The minimum Gasteiger partial charge on any atom is -0.507 e. The highest BCUT2D eigenvalue weighted by atomic mass is 35.5. The van der Waals surface area contributed by atoms with Gasteiger partial charge in [-0.1, -0.05) is 17.7 Å². The van der Waals surface area contributed by atoms with Crippen LogP contribution in [-0.2, 0) is 6.54 Å². The fourth-order valence-corrected chi connectivity index (χ4v) is 3.23. The summed E-state index contributed by atoms with van der Waals surface area (Å²) in [5.74, 6) is -0.159. The molecule has 0 unspecified atom stereocenters. The van der Waals surface area contributed by atoms with Crippen LogP contribution in [0.5, 0.6) is 11.5 Å². The van der Waals surface area contributed by atoms with Crippen LogP contribution < -0.4 is 4.74 Å². The number of amides is 1. The van der Waals surface area contributed by atoms with Gasteiger partial charge in [-0.3, -0.25) is 9.69 Å². The van der Waals surface area contributed by atoms with Gasteiger partial charge in [-0.15, -0.1) is 0 Å². The van der Waals surface area contributed by atoms with Crippen molar-refractivity contribution in [1.82, 2.24) is 9.80 Å². The zero-order chi connectivity index (χ0) is 18.7. The van der Waals surface area contributed by atoms with E-state index in [4.69, 9.17) is 16.3 Å². The Balaban J connectivity index is 1.62. The van der Waals surface area contributed by atoms with E-state index in [1.165, 1.54) is 19.2 Å². The molecule has 0 radical (unpaired) electrons. The summed E-state index contributed by atoms with van der Waals surface area (Å²) in [6, 6.07) is 9.27. The molecular formula is C19H20ClFN2O3. The quantitative estimate of drug-likeness (QED) is 0.888. The number of hydrogen-bond acceptors (Lipinski definition) is 4. The number of rotatable bonds is 4. The second-order valence-corrected chi connectivity index (χ2v) is 6.56. The van der Waals surface area contributed by atoms with Crippen LogP contribution in [0.15, 0.2) is 36.4 Å². The van der Waals surface area contributed by atoms with Gasteiger partial charge in [0.25, 0.3) is 5.91 Å². The summed E-state index contributed by atoms with van der Waals surface area (Å²) in [5.41, 5.74) is 0.721. The van der Waals surface area contributed by atoms with Gasteiger partial charge in [-0.05, 0) is 24.3 Å². The van der Waals surface area contributed by atoms with E-state index in [1.54, 1.807) is 29.2 Å². The van der Waals surface area contributed by atoms with E-state index in [0.717, 1.165) is 0 Å². The van der Waals surface area contributed by atoms with Gasteiger partial charge in [0.15, 0.2) is 0 Å². The molecule has 0 bridgehead atoms. The van der Waals surface area contributed by atoms with Gasteiger partial charge in [-0.2, -0.15) is 0 Å². The monoisotopic (exact) mass is 378 g/mol. The van der Waals surface area contributed by atoms with Gasteiger partial charge < -0.3 is 14.7 Å². The standard InChI is InChI=1S/C19H20ClFN2O3/c1-26-13-5-6-14(18(24)11-13)19(25)23-9-7-22(8-10-23)12-15-16(20)3-2-4-17(15)21/h2-6,11,24H,7-10,12H2,1H3. The first-order chi connectivity index (χ1) is 12.5. The van der Waals surface area contributed by atoms with Gasteiger partial charge in [-0.25, -0.2) is 4.39 Å². The minimum atomic E-state index is -0.320. The second-order valence-electron chi connectivity index (χ2n) is 6.15. The van der Waals surface area contributed by atoms with Gasteiger partial charge in [0.1, 0.15) is 17.3 Å². The highest BCUT2D eigenvalue weighted by Gasteiger charge is 2.25. The van der Waals surface area contributed by atoms with E-state index in [9.17, 15) is 14.3 Å². The Labute approximate surface area is 156 Å². The molecule has 0 aliphatic carbocycles. The molecule has 1 heterocycles. The SMILES string of the molecule is COc1ccc(C(=O)N2CCN(Cc3c(F)cccc3Cl)CC2)c(O)c1. The van der Waals surface area contributed by atoms with Crippen molar-refractivity contribution < 1.29 is 19.0 Å². The maximum Gasteiger partial charge on any atom is 0.257 e. The average Bonchev–Trinajstić information content (AvgIpc) is 2.64. The maximum absolute atomic E-state index is 13.9. The third kappa shape index (κ3) is 3.92. The van der Waals surface area contributed by atoms with Crippen molar-refractivity contribution in [3.63, 3.8) is 0 Å². The number of carbonyl (C=O) groups is 1. The average molecular weight is 379 g/mol. The molecule has 2 aromatic carbocycles. The van der Waals surface area contributed by atoms with Gasteiger partial charge in [0.2, 0.25) is 0 Å². The van der Waals surface area contributed by atoms with Crippen LogP contribution in [0.25, 0.3) is 0 Å². The largest absolute Gasteiger partial charge is 0.507 e. The number of benzene rings is 2. The predicted molar refractivity (Wildman–Crippen MR) is 97.2 cm³/mol. The Morgan fingerprint density at radius 2 is 1.96 bits per heavy atom. The summed E-state index contributed by atoms with van der Waals surface area (Å²) in [7, 11) is 1.50. The lowest BCUT2D eigenvalue weighted by atomic mass is 10.1. The molecule has 0 atom stereocenters. The molecule has 2 aromatic rings. The third-order valence-corrected chi connectivity index (χ3v) is 4.89. The van der Waals surface area contributed by atoms with Crippen molar-refractivity contribution in [3.8, 4) is 11.5 Å². The van der Waals surface area contributed by atoms with Gasteiger partial charge in [0, 0.05) is 49.4 Å². The molecule has 1 saturated heterocycles. The number of phenolic OH excluding ortho intramolecular Hbond substituents is 1. The number of halogens is 2. The highest BCUT2D eigenvalue weighted by Crippen LogP contribution is 2.26. The first kappa shape index (κ1) is 18.5. The van der Waals surface area contributed by atoms with Crippen LogP contribution in [0.1, 0.15) is 15.9 Å². The first-order valence-corrected chi connectivity index (χ1v) is 8.69. The first-order valence-electron chi connectivity index (χ1n) is 8.31. The zero-order valence-corrected chi connectivity index (χ0v) is 15.2. The normalized spacial score (nSPS) is 15.1. The maximum atomic E-state index is 13.9. The molecule has 0 aromatic heterocycles. The summed E-state index contributed by atoms with van der Waals surface area (Å²) < 4.78 is 19.0. The number of methoxy groups -OCH3 is 1. The molecule has 1 aliphatic rings. The molecule has 1 fully saturated rings. The fraction of sp³-hybridized carbons (Fsp3) is 0.316. The van der Waals surface area contributed by atoms with Crippen LogP contribution in [0.2, 0.25) is 5.02 Å². The Kier molecular flexibility index (Phi) is 5.64. The number of phenols is 1. The second kappa shape index (κ2) is 7.93. The summed E-state index contributed by atoms with van der Waals surface area (Å²) >= 11 is 6.08. The number of aromatic hydroxyl groups is 1. The number of piperazine rings is 1. The molecule has 3 rings (SSSR count). The van der Waals surface area contributed by atoms with Gasteiger partial charge >= 0.3 is 0 Å². The summed E-state index contributed by atoms with van der Waals surface area (Å²) in [5, 5.41) is 10.4. The Bertz CT molecular complexity index is 787.